The molecule has 0 radical (unpaired) electrons. The van der Waals surface area contributed by atoms with E-state index in [2.05, 4.69) is 53.4 Å². The molecule has 2 aromatic rings. The van der Waals surface area contributed by atoms with Gasteiger partial charge in [0, 0.05) is 32.9 Å². The minimum absolute atomic E-state index is 0. The second kappa shape index (κ2) is 8.96. The summed E-state index contributed by atoms with van der Waals surface area (Å²) in [6.45, 7) is 3.47. The predicted octanol–water partition coefficient (Wildman–Crippen LogP) is 3.76. The van der Waals surface area contributed by atoms with Gasteiger partial charge in [0.1, 0.15) is 5.01 Å². The van der Waals surface area contributed by atoms with Crippen LogP contribution in [0, 0.1) is 6.92 Å². The van der Waals surface area contributed by atoms with E-state index in [0.29, 0.717) is 6.54 Å². The van der Waals surface area contributed by atoms with Gasteiger partial charge < -0.3 is 10.6 Å². The summed E-state index contributed by atoms with van der Waals surface area (Å²) in [5, 5.41) is 11.7. The minimum Gasteiger partial charge on any atom is -0.352 e. The van der Waals surface area contributed by atoms with Gasteiger partial charge in [-0.25, -0.2) is 4.98 Å². The van der Waals surface area contributed by atoms with Gasteiger partial charge >= 0.3 is 0 Å². The molecule has 0 unspecified atom stereocenters. The summed E-state index contributed by atoms with van der Waals surface area (Å²) in [6, 6.07) is 2.11. The van der Waals surface area contributed by atoms with Crippen molar-refractivity contribution in [2.24, 2.45) is 4.99 Å². The molecule has 2 aromatic heterocycles. The Morgan fingerprint density at radius 2 is 2.05 bits per heavy atom. The average molecular weight is 487 g/mol. The largest absolute Gasteiger partial charge is 0.352 e. The van der Waals surface area contributed by atoms with Crippen LogP contribution in [-0.2, 0) is 13.1 Å². The van der Waals surface area contributed by atoms with Gasteiger partial charge in [-0.15, -0.1) is 46.7 Å². The number of guanidine groups is 1. The number of thiophene rings is 1. The van der Waals surface area contributed by atoms with Crippen molar-refractivity contribution < 1.29 is 0 Å². The van der Waals surface area contributed by atoms with Crippen molar-refractivity contribution in [1.82, 2.24) is 15.6 Å². The maximum absolute atomic E-state index is 4.41. The molecule has 0 saturated heterocycles. The van der Waals surface area contributed by atoms with E-state index in [1.54, 1.807) is 29.7 Å². The van der Waals surface area contributed by atoms with E-state index in [9.17, 15) is 0 Å². The third-order valence-electron chi connectivity index (χ3n) is 2.35. The van der Waals surface area contributed by atoms with Crippen LogP contribution in [0.4, 0.5) is 0 Å². The lowest BCUT2D eigenvalue weighted by Gasteiger charge is -2.09. The number of rotatable bonds is 4. The van der Waals surface area contributed by atoms with Crippen LogP contribution in [-0.4, -0.2) is 18.0 Å². The van der Waals surface area contributed by atoms with E-state index < -0.39 is 0 Å². The third kappa shape index (κ3) is 5.66. The van der Waals surface area contributed by atoms with Crippen LogP contribution in [0.2, 0.25) is 0 Å². The Morgan fingerprint density at radius 3 is 2.60 bits per heavy atom. The highest BCUT2D eigenvalue weighted by Crippen LogP contribution is 2.19. The van der Waals surface area contributed by atoms with Gasteiger partial charge in [0.15, 0.2) is 5.96 Å². The van der Waals surface area contributed by atoms with Crippen LogP contribution >= 0.6 is 62.6 Å². The number of halogens is 2. The number of thiazole rings is 1. The van der Waals surface area contributed by atoms with Crippen molar-refractivity contribution in [3.05, 3.63) is 36.9 Å². The molecule has 0 fully saturated rings. The Bertz CT molecular complexity index is 521. The highest BCUT2D eigenvalue weighted by atomic mass is 127. The number of hydrogen-bond acceptors (Lipinski definition) is 4. The summed E-state index contributed by atoms with van der Waals surface area (Å²) in [7, 11) is 1.77. The number of aromatic nitrogens is 1. The molecular weight excluding hydrogens is 471 g/mol. The molecule has 2 heterocycles. The molecule has 4 nitrogen and oxygen atoms in total. The van der Waals surface area contributed by atoms with Crippen molar-refractivity contribution in [2.45, 2.75) is 20.0 Å². The number of hydrogen-bond donors (Lipinski definition) is 2. The first kappa shape index (κ1) is 17.9. The van der Waals surface area contributed by atoms with E-state index in [-0.39, 0.29) is 24.0 Å². The molecule has 20 heavy (non-hydrogen) atoms. The number of nitrogens with one attached hydrogen (secondary N) is 2. The Balaban J connectivity index is 0.00000200. The van der Waals surface area contributed by atoms with Gasteiger partial charge in [-0.2, -0.15) is 0 Å². The molecular formula is C12H16BrIN4S2. The highest BCUT2D eigenvalue weighted by Gasteiger charge is 2.02. The van der Waals surface area contributed by atoms with E-state index in [4.69, 9.17) is 0 Å². The van der Waals surface area contributed by atoms with Gasteiger partial charge in [-0.05, 0) is 28.9 Å². The van der Waals surface area contributed by atoms with Gasteiger partial charge in [-0.1, -0.05) is 0 Å². The third-order valence-corrected chi connectivity index (χ3v) is 5.01. The van der Waals surface area contributed by atoms with Gasteiger partial charge in [-0.3, -0.25) is 4.99 Å². The molecule has 8 heteroatoms. The zero-order valence-electron chi connectivity index (χ0n) is 11.1. The zero-order valence-corrected chi connectivity index (χ0v) is 16.7. The van der Waals surface area contributed by atoms with E-state index in [1.807, 2.05) is 6.92 Å². The van der Waals surface area contributed by atoms with Crippen LogP contribution in [0.25, 0.3) is 0 Å². The number of nitrogens with zero attached hydrogens (tertiary/aromatic N) is 2. The van der Waals surface area contributed by atoms with Crippen molar-refractivity contribution in [3.8, 4) is 0 Å². The lowest BCUT2D eigenvalue weighted by molar-refractivity contribution is 0.809. The normalized spacial score (nSPS) is 11.1. The minimum atomic E-state index is 0. The van der Waals surface area contributed by atoms with E-state index in [1.165, 1.54) is 4.88 Å². The first-order valence-corrected chi connectivity index (χ1v) is 8.31. The molecule has 0 bridgehead atoms. The van der Waals surface area contributed by atoms with Crippen molar-refractivity contribution in [1.29, 1.82) is 0 Å². The van der Waals surface area contributed by atoms with Crippen molar-refractivity contribution >= 4 is 68.5 Å². The van der Waals surface area contributed by atoms with Crippen LogP contribution in [0.1, 0.15) is 15.6 Å². The Morgan fingerprint density at radius 1 is 1.30 bits per heavy atom. The first-order chi connectivity index (χ1) is 9.17. The van der Waals surface area contributed by atoms with Crippen molar-refractivity contribution in [2.75, 3.05) is 7.05 Å². The van der Waals surface area contributed by atoms with Gasteiger partial charge in [0.25, 0.3) is 0 Å². The second-order valence-electron chi connectivity index (χ2n) is 3.89. The quantitative estimate of drug-likeness (QED) is 0.393. The summed E-state index contributed by atoms with van der Waals surface area (Å²) in [4.78, 5) is 9.87. The van der Waals surface area contributed by atoms with Crippen LogP contribution in [0.3, 0.4) is 0 Å². The molecule has 0 spiro atoms. The van der Waals surface area contributed by atoms with Gasteiger partial charge in [0.05, 0.1) is 13.1 Å². The highest BCUT2D eigenvalue weighted by molar-refractivity contribution is 14.0. The van der Waals surface area contributed by atoms with Crippen LogP contribution in [0.15, 0.2) is 26.3 Å². The molecule has 2 rings (SSSR count). The molecule has 0 aromatic carbocycles. The lowest BCUT2D eigenvalue weighted by atomic mass is 10.4. The topological polar surface area (TPSA) is 49.3 Å². The molecule has 0 atom stereocenters. The van der Waals surface area contributed by atoms with Crippen molar-refractivity contribution in [3.63, 3.8) is 0 Å². The van der Waals surface area contributed by atoms with Crippen LogP contribution in [0.5, 0.6) is 0 Å². The van der Waals surface area contributed by atoms with Crippen LogP contribution < -0.4 is 10.6 Å². The fraction of sp³-hybridized carbons (Fsp3) is 0.333. The molecule has 0 aliphatic heterocycles. The summed E-state index contributed by atoms with van der Waals surface area (Å²) in [5.41, 5.74) is 1.06. The molecule has 0 amide bonds. The molecule has 2 N–H and O–H groups in total. The second-order valence-corrected chi connectivity index (χ2v) is 6.75. The molecule has 0 aliphatic rings. The Hall–Kier alpha value is -0.190. The van der Waals surface area contributed by atoms with Gasteiger partial charge in [0.2, 0.25) is 0 Å². The monoisotopic (exact) mass is 486 g/mol. The fourth-order valence-corrected chi connectivity index (χ4v) is 3.58. The zero-order chi connectivity index (χ0) is 13.7. The smallest absolute Gasteiger partial charge is 0.191 e. The average Bonchev–Trinajstić information content (AvgIpc) is 2.99. The van der Waals surface area contributed by atoms with E-state index >= 15 is 0 Å². The SMILES string of the molecule is CN=C(NCc1cc(Br)cs1)NCc1nc(C)cs1.I. The molecule has 0 saturated carbocycles. The first-order valence-electron chi connectivity index (χ1n) is 5.76. The fourth-order valence-electron chi connectivity index (χ4n) is 1.48. The maximum atomic E-state index is 4.41. The predicted molar refractivity (Wildman–Crippen MR) is 101 cm³/mol. The Kier molecular flexibility index (Phi) is 8.00. The van der Waals surface area contributed by atoms with E-state index in [0.717, 1.165) is 27.7 Å². The Labute approximate surface area is 152 Å². The summed E-state index contributed by atoms with van der Waals surface area (Å²) >= 11 is 6.83. The molecule has 0 aliphatic carbocycles. The molecule has 110 valence electrons. The standard InChI is InChI=1S/C12H15BrN4S2.HI/c1-8-6-19-11(17-8)5-16-12(14-2)15-4-10-3-9(13)7-18-10;/h3,6-7H,4-5H2,1-2H3,(H2,14,15,16);1H. The summed E-state index contributed by atoms with van der Waals surface area (Å²) in [6.07, 6.45) is 0. The summed E-state index contributed by atoms with van der Waals surface area (Å²) in [5.74, 6) is 0.789. The maximum Gasteiger partial charge on any atom is 0.191 e. The summed E-state index contributed by atoms with van der Waals surface area (Å²) < 4.78 is 1.12. The number of aliphatic imine (C=N–C) groups is 1. The lowest BCUT2D eigenvalue weighted by Crippen LogP contribution is -2.36. The number of aryl methyl sites for hydroxylation is 1.